The number of rotatable bonds is 6. The molecule has 0 unspecified atom stereocenters. The largest absolute Gasteiger partial charge is 0.496 e. The van der Waals surface area contributed by atoms with Crippen LogP contribution in [0.1, 0.15) is 34.1 Å². The number of amides is 1. The highest BCUT2D eigenvalue weighted by Gasteiger charge is 2.27. The zero-order valence-electron chi connectivity index (χ0n) is 16.1. The number of benzene rings is 2. The highest BCUT2D eigenvalue weighted by atomic mass is 35.5. The van der Waals surface area contributed by atoms with E-state index in [1.54, 1.807) is 13.2 Å². The van der Waals surface area contributed by atoms with E-state index in [-0.39, 0.29) is 17.8 Å². The average molecular weight is 433 g/mol. The van der Waals surface area contributed by atoms with E-state index in [0.717, 1.165) is 37.2 Å². The first-order valence-corrected chi connectivity index (χ1v) is 10.8. The van der Waals surface area contributed by atoms with E-state index in [1.165, 1.54) is 23.5 Å². The summed E-state index contributed by atoms with van der Waals surface area (Å²) in [5.41, 5.74) is 1.06. The third-order valence-corrected chi connectivity index (χ3v) is 6.99. The summed E-state index contributed by atoms with van der Waals surface area (Å²) in [6.07, 6.45) is 2.29. The maximum atomic E-state index is 13.5. The van der Waals surface area contributed by atoms with Gasteiger partial charge >= 0.3 is 0 Å². The van der Waals surface area contributed by atoms with Crippen LogP contribution in [0.15, 0.2) is 42.5 Å². The fourth-order valence-corrected chi connectivity index (χ4v) is 5.34. The maximum absolute atomic E-state index is 13.5. The van der Waals surface area contributed by atoms with Gasteiger partial charge in [-0.25, -0.2) is 4.39 Å². The van der Waals surface area contributed by atoms with Crippen LogP contribution in [0.2, 0.25) is 5.02 Å². The summed E-state index contributed by atoms with van der Waals surface area (Å²) in [6, 6.07) is 12.3. The molecular weight excluding hydrogens is 411 g/mol. The molecule has 1 aliphatic rings. The van der Waals surface area contributed by atoms with E-state index in [4.69, 9.17) is 16.3 Å². The molecule has 1 N–H and O–H groups in total. The predicted molar refractivity (Wildman–Crippen MR) is 116 cm³/mol. The molecule has 29 heavy (non-hydrogen) atoms. The van der Waals surface area contributed by atoms with Crippen molar-refractivity contribution < 1.29 is 13.9 Å². The van der Waals surface area contributed by atoms with E-state index in [1.807, 2.05) is 24.3 Å². The number of nitrogens with zero attached hydrogens (tertiary/aromatic N) is 1. The molecular formula is C22H22ClFN2O2S. The van der Waals surface area contributed by atoms with Crippen LogP contribution >= 0.6 is 22.9 Å². The lowest BCUT2D eigenvalue weighted by Gasteiger charge is -2.29. The van der Waals surface area contributed by atoms with E-state index in [9.17, 15) is 9.18 Å². The number of carbonyl (C=O) groups excluding carboxylic acids is 1. The molecule has 7 heteroatoms. The monoisotopic (exact) mass is 432 g/mol. The van der Waals surface area contributed by atoms with Crippen molar-refractivity contribution in [3.05, 3.63) is 63.7 Å². The number of para-hydroxylation sites is 1. The number of carbonyl (C=O) groups is 1. The highest BCUT2D eigenvalue weighted by Crippen LogP contribution is 2.36. The third-order valence-electron chi connectivity index (χ3n) is 5.33. The smallest absolute Gasteiger partial charge is 0.262 e. The SMILES string of the molecule is COc1ccccc1[C@H](CNC(=O)c1sc2cc(F)ccc2c1Cl)N1CCCC1. The molecule has 4 nitrogen and oxygen atoms in total. The van der Waals surface area contributed by atoms with Gasteiger partial charge in [-0.05, 0) is 50.2 Å². The Balaban J connectivity index is 1.57. The molecule has 152 valence electrons. The number of hydrogen-bond acceptors (Lipinski definition) is 4. The molecule has 2 aromatic carbocycles. The van der Waals surface area contributed by atoms with Crippen LogP contribution in [-0.4, -0.2) is 37.6 Å². The first-order chi connectivity index (χ1) is 14.1. The first kappa shape index (κ1) is 20.1. The van der Waals surface area contributed by atoms with Gasteiger partial charge in [0.25, 0.3) is 5.91 Å². The Labute approximate surface area is 178 Å². The molecule has 0 aliphatic carbocycles. The topological polar surface area (TPSA) is 41.6 Å². The predicted octanol–water partition coefficient (Wildman–Crippen LogP) is 5.27. The summed E-state index contributed by atoms with van der Waals surface area (Å²) >= 11 is 7.62. The summed E-state index contributed by atoms with van der Waals surface area (Å²) in [7, 11) is 1.66. The van der Waals surface area contributed by atoms with Crippen LogP contribution < -0.4 is 10.1 Å². The number of likely N-dealkylation sites (tertiary alicyclic amines) is 1. The van der Waals surface area contributed by atoms with E-state index < -0.39 is 0 Å². The number of thiophene rings is 1. The quantitative estimate of drug-likeness (QED) is 0.577. The van der Waals surface area contributed by atoms with Crippen molar-refractivity contribution in [1.82, 2.24) is 10.2 Å². The number of halogens is 2. The fraction of sp³-hybridized carbons (Fsp3) is 0.318. The van der Waals surface area contributed by atoms with Gasteiger partial charge in [-0.2, -0.15) is 0 Å². The number of hydrogen-bond donors (Lipinski definition) is 1. The van der Waals surface area contributed by atoms with E-state index in [0.29, 0.717) is 26.5 Å². The van der Waals surface area contributed by atoms with E-state index in [2.05, 4.69) is 10.2 Å². The van der Waals surface area contributed by atoms with Gasteiger partial charge in [-0.15, -0.1) is 11.3 Å². The summed E-state index contributed by atoms with van der Waals surface area (Å²) in [5, 5.41) is 4.11. The molecule has 1 fully saturated rings. The summed E-state index contributed by atoms with van der Waals surface area (Å²) < 4.78 is 19.7. The lowest BCUT2D eigenvalue weighted by molar-refractivity contribution is 0.0941. The van der Waals surface area contributed by atoms with Crippen molar-refractivity contribution >= 4 is 38.9 Å². The Morgan fingerprint density at radius 3 is 2.79 bits per heavy atom. The molecule has 0 spiro atoms. The van der Waals surface area contributed by atoms with Crippen LogP contribution in [0, 0.1) is 5.82 Å². The van der Waals surface area contributed by atoms with Gasteiger partial charge in [0.15, 0.2) is 0 Å². The second kappa shape index (κ2) is 8.69. The third kappa shape index (κ3) is 4.10. The summed E-state index contributed by atoms with van der Waals surface area (Å²) in [6.45, 7) is 2.42. The molecule has 0 saturated carbocycles. The number of methoxy groups -OCH3 is 1. The highest BCUT2D eigenvalue weighted by molar-refractivity contribution is 7.21. The Kier molecular flexibility index (Phi) is 6.04. The molecule has 1 amide bonds. The Morgan fingerprint density at radius 2 is 2.03 bits per heavy atom. The van der Waals surface area contributed by atoms with Crippen LogP contribution in [0.4, 0.5) is 4.39 Å². The van der Waals surface area contributed by atoms with Gasteiger partial charge < -0.3 is 10.1 Å². The van der Waals surface area contributed by atoms with Gasteiger partial charge in [0, 0.05) is 22.2 Å². The summed E-state index contributed by atoms with van der Waals surface area (Å²) in [4.78, 5) is 15.7. The van der Waals surface area contributed by atoms with Crippen molar-refractivity contribution in [1.29, 1.82) is 0 Å². The minimum atomic E-state index is -0.340. The number of ether oxygens (including phenoxy) is 1. The lowest BCUT2D eigenvalue weighted by Crippen LogP contribution is -2.36. The minimum absolute atomic E-state index is 0.0169. The number of fused-ring (bicyclic) bond motifs is 1. The van der Waals surface area contributed by atoms with Gasteiger partial charge in [0.2, 0.25) is 0 Å². The molecule has 1 aromatic heterocycles. The molecule has 4 rings (SSSR count). The van der Waals surface area contributed by atoms with Crippen LogP contribution in [0.25, 0.3) is 10.1 Å². The van der Waals surface area contributed by atoms with Crippen LogP contribution in [-0.2, 0) is 0 Å². The van der Waals surface area contributed by atoms with Crippen molar-refractivity contribution in [3.8, 4) is 5.75 Å². The van der Waals surface area contributed by atoms with E-state index >= 15 is 0 Å². The van der Waals surface area contributed by atoms with Crippen molar-refractivity contribution in [2.75, 3.05) is 26.7 Å². The Hall–Kier alpha value is -2.15. The van der Waals surface area contributed by atoms with Crippen LogP contribution in [0.5, 0.6) is 5.75 Å². The average Bonchev–Trinajstić information content (AvgIpc) is 3.37. The zero-order chi connectivity index (χ0) is 20.4. The second-order valence-electron chi connectivity index (χ2n) is 7.10. The van der Waals surface area contributed by atoms with Gasteiger partial charge in [-0.3, -0.25) is 9.69 Å². The van der Waals surface area contributed by atoms with Crippen LogP contribution in [0.3, 0.4) is 0 Å². The maximum Gasteiger partial charge on any atom is 0.262 e. The van der Waals surface area contributed by atoms with Crippen molar-refractivity contribution in [2.24, 2.45) is 0 Å². The van der Waals surface area contributed by atoms with Gasteiger partial charge in [0.1, 0.15) is 16.4 Å². The first-order valence-electron chi connectivity index (χ1n) is 9.61. The minimum Gasteiger partial charge on any atom is -0.496 e. The fourth-order valence-electron chi connectivity index (χ4n) is 3.89. The normalized spacial score (nSPS) is 15.6. The molecule has 3 aromatic rings. The van der Waals surface area contributed by atoms with Gasteiger partial charge in [-0.1, -0.05) is 29.8 Å². The molecule has 1 saturated heterocycles. The molecule has 1 atom stereocenters. The van der Waals surface area contributed by atoms with Crippen molar-refractivity contribution in [3.63, 3.8) is 0 Å². The number of nitrogens with one attached hydrogen (secondary N) is 1. The lowest BCUT2D eigenvalue weighted by atomic mass is 10.0. The van der Waals surface area contributed by atoms with Gasteiger partial charge in [0.05, 0.1) is 18.2 Å². The standard InChI is InChI=1S/C22H22ClFN2O2S/c1-28-18-7-3-2-6-15(18)17(26-10-4-5-11-26)13-25-22(27)21-20(23)16-9-8-14(24)12-19(16)29-21/h2-3,6-9,12,17H,4-5,10-11,13H2,1H3,(H,25,27)/t17-/m0/s1. The zero-order valence-corrected chi connectivity index (χ0v) is 17.7. The molecule has 0 bridgehead atoms. The summed E-state index contributed by atoms with van der Waals surface area (Å²) in [5.74, 6) is 0.234. The Bertz CT molecular complexity index is 1030. The second-order valence-corrected chi connectivity index (χ2v) is 8.53. The molecule has 1 aliphatic heterocycles. The molecule has 2 heterocycles. The van der Waals surface area contributed by atoms with Crippen molar-refractivity contribution in [2.45, 2.75) is 18.9 Å². The Morgan fingerprint density at radius 1 is 1.28 bits per heavy atom. The molecule has 0 radical (unpaired) electrons.